The smallest absolute Gasteiger partial charge is 0.152 e. The van der Waals surface area contributed by atoms with Crippen LogP contribution in [-0.4, -0.2) is 5.78 Å². The molecule has 0 unspecified atom stereocenters. The summed E-state index contributed by atoms with van der Waals surface area (Å²) in [4.78, 5) is 10.1. The van der Waals surface area contributed by atoms with E-state index in [1.165, 1.54) is 13.0 Å². The van der Waals surface area contributed by atoms with Crippen LogP contribution in [0.1, 0.15) is 6.92 Å². The minimum atomic E-state index is 0. The minimum absolute atomic E-state index is 0. The molecule has 0 aromatic carbocycles. The molecule has 0 rings (SSSR count). The Labute approximate surface area is 59.7 Å². The quantitative estimate of drug-likeness (QED) is 0.434. The van der Waals surface area contributed by atoms with Crippen molar-refractivity contribution in [2.75, 3.05) is 0 Å². The molecular formula is C6H8CoO. The van der Waals surface area contributed by atoms with E-state index in [2.05, 4.69) is 6.58 Å². The van der Waals surface area contributed by atoms with Gasteiger partial charge < -0.3 is 0 Å². The van der Waals surface area contributed by atoms with Crippen molar-refractivity contribution in [2.24, 2.45) is 0 Å². The second-order valence-corrected chi connectivity index (χ2v) is 1.21. The topological polar surface area (TPSA) is 17.1 Å². The normalized spacial score (nSPS) is 8.12. The van der Waals surface area contributed by atoms with Gasteiger partial charge in [-0.2, -0.15) is 0 Å². The van der Waals surface area contributed by atoms with Gasteiger partial charge in [0.25, 0.3) is 0 Å². The summed E-state index contributed by atoms with van der Waals surface area (Å²) >= 11 is 0. The molecule has 0 aliphatic heterocycles. The molecule has 0 aromatic rings. The van der Waals surface area contributed by atoms with Gasteiger partial charge in [-0.25, -0.2) is 0 Å². The molecule has 0 amide bonds. The van der Waals surface area contributed by atoms with Crippen LogP contribution in [0.4, 0.5) is 0 Å². The Kier molecular flexibility index (Phi) is 8.82. The van der Waals surface area contributed by atoms with Gasteiger partial charge in [-0.05, 0) is 13.0 Å². The first kappa shape index (κ1) is 10.6. The van der Waals surface area contributed by atoms with Crippen molar-refractivity contribution in [2.45, 2.75) is 6.92 Å². The summed E-state index contributed by atoms with van der Waals surface area (Å²) in [6, 6.07) is 0. The van der Waals surface area contributed by atoms with Gasteiger partial charge in [0.15, 0.2) is 5.78 Å². The van der Waals surface area contributed by atoms with Crippen LogP contribution in [-0.2, 0) is 21.6 Å². The van der Waals surface area contributed by atoms with E-state index in [1.807, 2.05) is 0 Å². The van der Waals surface area contributed by atoms with Crippen molar-refractivity contribution in [3.05, 3.63) is 24.8 Å². The molecule has 47 valence electrons. The molecule has 0 fully saturated rings. The molecule has 0 N–H and O–H groups in total. The van der Waals surface area contributed by atoms with Gasteiger partial charge in [0, 0.05) is 16.8 Å². The van der Waals surface area contributed by atoms with Gasteiger partial charge in [0.05, 0.1) is 0 Å². The summed E-state index contributed by atoms with van der Waals surface area (Å²) < 4.78 is 0. The predicted octanol–water partition coefficient (Wildman–Crippen LogP) is 1.32. The van der Waals surface area contributed by atoms with Crippen LogP contribution in [0, 0.1) is 0 Å². The Balaban J connectivity index is 0. The number of carbonyl (C=O) groups is 1. The average Bonchev–Trinajstić information content (AvgIpc) is 1.61. The minimum Gasteiger partial charge on any atom is -0.295 e. The maximum Gasteiger partial charge on any atom is 0.152 e. The van der Waals surface area contributed by atoms with Crippen LogP contribution in [0.15, 0.2) is 24.8 Å². The summed E-state index contributed by atoms with van der Waals surface area (Å²) in [5.41, 5.74) is 0. The number of allylic oxidation sites excluding steroid dienone is 3. The third kappa shape index (κ3) is 9.17. The Hall–Kier alpha value is -0.344. The van der Waals surface area contributed by atoms with Crippen molar-refractivity contribution in [1.29, 1.82) is 0 Å². The van der Waals surface area contributed by atoms with E-state index in [4.69, 9.17) is 0 Å². The molecule has 0 saturated carbocycles. The van der Waals surface area contributed by atoms with Crippen LogP contribution < -0.4 is 0 Å². The number of ketones is 1. The van der Waals surface area contributed by atoms with E-state index in [9.17, 15) is 4.79 Å². The molecule has 0 aliphatic carbocycles. The average molecular weight is 155 g/mol. The molecule has 0 bridgehead atoms. The van der Waals surface area contributed by atoms with Gasteiger partial charge >= 0.3 is 0 Å². The first-order valence-electron chi connectivity index (χ1n) is 2.07. The van der Waals surface area contributed by atoms with E-state index in [-0.39, 0.29) is 22.6 Å². The van der Waals surface area contributed by atoms with Crippen molar-refractivity contribution < 1.29 is 21.6 Å². The first-order chi connectivity index (χ1) is 3.27. The molecule has 0 aliphatic rings. The van der Waals surface area contributed by atoms with Crippen LogP contribution in [0.25, 0.3) is 0 Å². The van der Waals surface area contributed by atoms with Crippen molar-refractivity contribution in [3.8, 4) is 0 Å². The van der Waals surface area contributed by atoms with Crippen molar-refractivity contribution in [1.82, 2.24) is 0 Å². The predicted molar refractivity (Wildman–Crippen MR) is 30.0 cm³/mol. The van der Waals surface area contributed by atoms with Gasteiger partial charge in [0.2, 0.25) is 0 Å². The molecule has 0 spiro atoms. The molecule has 1 nitrogen and oxygen atoms in total. The summed E-state index contributed by atoms with van der Waals surface area (Å²) in [7, 11) is 0. The molecule has 8 heavy (non-hydrogen) atoms. The van der Waals surface area contributed by atoms with Crippen molar-refractivity contribution in [3.63, 3.8) is 0 Å². The monoisotopic (exact) mass is 155 g/mol. The Bertz CT molecular complexity index is 105. The molecular weight excluding hydrogens is 147 g/mol. The first-order valence-corrected chi connectivity index (χ1v) is 2.07. The summed E-state index contributed by atoms with van der Waals surface area (Å²) in [5.74, 6) is 0.0555. The van der Waals surface area contributed by atoms with Gasteiger partial charge in [-0.3, -0.25) is 4.79 Å². The third-order valence-corrected chi connectivity index (χ3v) is 0.467. The second kappa shape index (κ2) is 6.66. The molecule has 0 saturated heterocycles. The largest absolute Gasteiger partial charge is 0.295 e. The number of rotatable bonds is 2. The maximum atomic E-state index is 10.1. The zero-order valence-corrected chi connectivity index (χ0v) is 5.72. The zero-order chi connectivity index (χ0) is 5.70. The number of hydrogen-bond acceptors (Lipinski definition) is 1. The molecule has 1 radical (unpaired) electrons. The van der Waals surface area contributed by atoms with E-state index < -0.39 is 0 Å². The number of carbonyl (C=O) groups excluding carboxylic acids is 1. The second-order valence-electron chi connectivity index (χ2n) is 1.21. The van der Waals surface area contributed by atoms with Gasteiger partial charge in [-0.1, -0.05) is 18.7 Å². The number of hydrogen-bond donors (Lipinski definition) is 0. The SMILES string of the molecule is C=CC=CC(C)=O.[Co]. The molecule has 0 heterocycles. The standard InChI is InChI=1S/C6H8O.Co/c1-3-4-5-6(2)7;/h3-5H,1H2,2H3;. The van der Waals surface area contributed by atoms with Crippen LogP contribution in [0.5, 0.6) is 0 Å². The molecule has 0 atom stereocenters. The van der Waals surface area contributed by atoms with E-state index >= 15 is 0 Å². The Morgan fingerprint density at radius 3 is 2.25 bits per heavy atom. The van der Waals surface area contributed by atoms with Crippen LogP contribution >= 0.6 is 0 Å². The van der Waals surface area contributed by atoms with Crippen LogP contribution in [0.2, 0.25) is 0 Å². The summed E-state index contributed by atoms with van der Waals surface area (Å²) in [6.45, 7) is 4.89. The van der Waals surface area contributed by atoms with E-state index in [1.54, 1.807) is 12.2 Å². The zero-order valence-electron chi connectivity index (χ0n) is 4.68. The fraction of sp³-hybridized carbons (Fsp3) is 0.167. The molecule has 0 aromatic heterocycles. The Morgan fingerprint density at radius 1 is 1.62 bits per heavy atom. The van der Waals surface area contributed by atoms with E-state index in [0.717, 1.165) is 0 Å². The maximum absolute atomic E-state index is 10.1. The summed E-state index contributed by atoms with van der Waals surface area (Å²) in [5, 5.41) is 0. The van der Waals surface area contributed by atoms with Gasteiger partial charge in [-0.15, -0.1) is 0 Å². The fourth-order valence-electron chi connectivity index (χ4n) is 0.204. The Morgan fingerprint density at radius 2 is 2.12 bits per heavy atom. The molecule has 2 heteroatoms. The fourth-order valence-corrected chi connectivity index (χ4v) is 0.204. The van der Waals surface area contributed by atoms with Gasteiger partial charge in [0.1, 0.15) is 0 Å². The van der Waals surface area contributed by atoms with E-state index in [0.29, 0.717) is 0 Å². The summed E-state index contributed by atoms with van der Waals surface area (Å²) in [6.07, 6.45) is 4.65. The van der Waals surface area contributed by atoms with Crippen molar-refractivity contribution >= 4 is 5.78 Å². The third-order valence-electron chi connectivity index (χ3n) is 0.467. The van der Waals surface area contributed by atoms with Crippen LogP contribution in [0.3, 0.4) is 0 Å².